The van der Waals surface area contributed by atoms with Gasteiger partial charge in [0, 0.05) is 23.6 Å². The van der Waals surface area contributed by atoms with E-state index in [1.807, 2.05) is 30.3 Å². The van der Waals surface area contributed by atoms with E-state index in [0.29, 0.717) is 17.2 Å². The van der Waals surface area contributed by atoms with Crippen LogP contribution in [-0.2, 0) is 15.6 Å². The number of nitrogens with zero attached hydrogens (tertiary/aromatic N) is 3. The van der Waals surface area contributed by atoms with E-state index in [9.17, 15) is 8.42 Å². The predicted molar refractivity (Wildman–Crippen MR) is 87.2 cm³/mol. The summed E-state index contributed by atoms with van der Waals surface area (Å²) in [5.41, 5.74) is 0.610. The first kappa shape index (κ1) is 16.1. The van der Waals surface area contributed by atoms with Crippen LogP contribution in [0.15, 0.2) is 53.2 Å². The Hall–Kier alpha value is -2.74. The highest BCUT2D eigenvalue weighted by Crippen LogP contribution is 2.22. The van der Waals surface area contributed by atoms with Crippen LogP contribution in [0.1, 0.15) is 12.8 Å². The lowest BCUT2D eigenvalue weighted by Gasteiger charge is -2.04. The molecule has 7 nitrogen and oxygen atoms in total. The molecule has 8 heteroatoms. The Balaban J connectivity index is 1.73. The quantitative estimate of drug-likeness (QED) is 0.678. The van der Waals surface area contributed by atoms with Crippen molar-refractivity contribution in [3.63, 3.8) is 0 Å². The Morgan fingerprint density at radius 1 is 1.12 bits per heavy atom. The highest BCUT2D eigenvalue weighted by atomic mass is 32.2. The molecule has 0 aliphatic carbocycles. The number of para-hydroxylation sites is 1. The molecule has 0 atom stereocenters. The maximum atomic E-state index is 11.6. The third-order valence-corrected chi connectivity index (χ3v) is 4.78. The van der Waals surface area contributed by atoms with E-state index in [-0.39, 0.29) is 23.2 Å². The minimum atomic E-state index is -3.21. The molecule has 124 valence electrons. The van der Waals surface area contributed by atoms with E-state index in [1.165, 1.54) is 0 Å². The Morgan fingerprint density at radius 2 is 1.92 bits per heavy atom. The van der Waals surface area contributed by atoms with Gasteiger partial charge >= 0.3 is 0 Å². The summed E-state index contributed by atoms with van der Waals surface area (Å²) >= 11 is 0. The van der Waals surface area contributed by atoms with Gasteiger partial charge in [-0.3, -0.25) is 0 Å². The molecule has 0 radical (unpaired) electrons. The molecule has 0 aliphatic heterocycles. The molecule has 2 aromatic heterocycles. The fourth-order valence-electron chi connectivity index (χ4n) is 1.90. The molecule has 3 rings (SSSR count). The van der Waals surface area contributed by atoms with Crippen molar-refractivity contribution >= 4 is 9.84 Å². The maximum absolute atomic E-state index is 11.6. The fraction of sp³-hybridized carbons (Fsp3) is 0.188. The minimum absolute atomic E-state index is 0.0256. The molecule has 24 heavy (non-hydrogen) atoms. The van der Waals surface area contributed by atoms with Crippen molar-refractivity contribution in [3.8, 4) is 23.0 Å². The Labute approximate surface area is 139 Å². The van der Waals surface area contributed by atoms with Crippen LogP contribution >= 0.6 is 0 Å². The van der Waals surface area contributed by atoms with Crippen LogP contribution in [0.25, 0.3) is 11.4 Å². The number of hydrogen-bond acceptors (Lipinski definition) is 7. The van der Waals surface area contributed by atoms with Gasteiger partial charge in [0.2, 0.25) is 17.6 Å². The van der Waals surface area contributed by atoms with Crippen LogP contribution in [0.5, 0.6) is 11.6 Å². The molecule has 0 fully saturated rings. The topological polar surface area (TPSA) is 95.2 Å². The fourth-order valence-corrected chi connectivity index (χ4v) is 2.60. The summed E-state index contributed by atoms with van der Waals surface area (Å²) < 4.78 is 33.7. The largest absolute Gasteiger partial charge is 0.439 e. The van der Waals surface area contributed by atoms with E-state index in [1.54, 1.807) is 25.3 Å². The molecule has 0 unspecified atom stereocenters. The van der Waals surface area contributed by atoms with Gasteiger partial charge in [-0.15, -0.1) is 0 Å². The van der Waals surface area contributed by atoms with Crippen molar-refractivity contribution < 1.29 is 17.7 Å². The first-order valence-electron chi connectivity index (χ1n) is 7.28. The average molecular weight is 345 g/mol. The third-order valence-electron chi connectivity index (χ3n) is 3.21. The number of pyridine rings is 1. The van der Waals surface area contributed by atoms with E-state index in [4.69, 9.17) is 9.26 Å². The number of benzene rings is 1. The molecule has 0 bridgehead atoms. The summed E-state index contributed by atoms with van der Waals surface area (Å²) in [5, 5.41) is 3.79. The van der Waals surface area contributed by atoms with Crippen LogP contribution in [-0.4, -0.2) is 29.3 Å². The normalized spacial score (nSPS) is 11.4. The predicted octanol–water partition coefficient (Wildman–Crippen LogP) is 2.86. The van der Waals surface area contributed by atoms with E-state index in [0.717, 1.165) is 0 Å². The van der Waals surface area contributed by atoms with Crippen LogP contribution < -0.4 is 4.74 Å². The van der Waals surface area contributed by atoms with Gasteiger partial charge in [-0.25, -0.2) is 13.4 Å². The number of aromatic nitrogens is 3. The van der Waals surface area contributed by atoms with Crippen molar-refractivity contribution in [2.75, 3.05) is 5.75 Å². The van der Waals surface area contributed by atoms with Crippen LogP contribution in [0.2, 0.25) is 0 Å². The van der Waals surface area contributed by atoms with E-state index >= 15 is 0 Å². The van der Waals surface area contributed by atoms with Crippen molar-refractivity contribution in [3.05, 3.63) is 54.6 Å². The van der Waals surface area contributed by atoms with Gasteiger partial charge in [0.25, 0.3) is 0 Å². The van der Waals surface area contributed by atoms with E-state index in [2.05, 4.69) is 15.1 Å². The Morgan fingerprint density at radius 3 is 2.58 bits per heavy atom. The molecule has 2 heterocycles. The molecular weight excluding hydrogens is 330 g/mol. The molecule has 0 aliphatic rings. The van der Waals surface area contributed by atoms with Gasteiger partial charge in [0.05, 0.1) is 0 Å². The number of hydrogen-bond donors (Lipinski definition) is 0. The van der Waals surface area contributed by atoms with Crippen LogP contribution in [0.4, 0.5) is 0 Å². The lowest BCUT2D eigenvalue weighted by molar-refractivity contribution is 0.389. The van der Waals surface area contributed by atoms with Crippen molar-refractivity contribution in [2.24, 2.45) is 0 Å². The molecule has 0 saturated carbocycles. The lowest BCUT2D eigenvalue weighted by atomic mass is 10.3. The second-order valence-electron chi connectivity index (χ2n) is 4.99. The SMILES string of the molecule is CCS(=O)(=O)Cc1nc(-c2ccc(Oc3ccccc3)nc2)no1. The number of sulfone groups is 1. The molecule has 0 spiro atoms. The zero-order chi connectivity index (χ0) is 17.0. The summed E-state index contributed by atoms with van der Waals surface area (Å²) in [6, 6.07) is 12.7. The molecular formula is C16H15N3O4S. The number of rotatable bonds is 6. The minimum Gasteiger partial charge on any atom is -0.439 e. The van der Waals surface area contributed by atoms with E-state index < -0.39 is 9.84 Å². The van der Waals surface area contributed by atoms with Crippen molar-refractivity contribution in [1.29, 1.82) is 0 Å². The molecule has 0 amide bonds. The van der Waals surface area contributed by atoms with Gasteiger partial charge in [0.15, 0.2) is 9.84 Å². The highest BCUT2D eigenvalue weighted by molar-refractivity contribution is 7.90. The van der Waals surface area contributed by atoms with Crippen LogP contribution in [0, 0.1) is 0 Å². The molecule has 0 N–H and O–H groups in total. The monoisotopic (exact) mass is 345 g/mol. The third kappa shape index (κ3) is 3.96. The number of ether oxygens (including phenoxy) is 1. The Bertz CT molecular complexity index is 906. The maximum Gasteiger partial charge on any atom is 0.242 e. The molecule has 1 aromatic carbocycles. The molecule has 3 aromatic rings. The first-order chi connectivity index (χ1) is 11.6. The highest BCUT2D eigenvalue weighted by Gasteiger charge is 2.16. The Kier molecular flexibility index (Phi) is 4.57. The van der Waals surface area contributed by atoms with Crippen molar-refractivity contribution in [1.82, 2.24) is 15.1 Å². The lowest BCUT2D eigenvalue weighted by Crippen LogP contribution is -2.06. The van der Waals surface area contributed by atoms with Gasteiger partial charge < -0.3 is 9.26 Å². The smallest absolute Gasteiger partial charge is 0.242 e. The summed E-state index contributed by atoms with van der Waals surface area (Å²) in [5.74, 6) is 1.23. The van der Waals surface area contributed by atoms with Gasteiger partial charge in [-0.2, -0.15) is 4.98 Å². The van der Waals surface area contributed by atoms with Crippen molar-refractivity contribution in [2.45, 2.75) is 12.7 Å². The van der Waals surface area contributed by atoms with Gasteiger partial charge in [0.1, 0.15) is 11.5 Å². The van der Waals surface area contributed by atoms with Crippen LogP contribution in [0.3, 0.4) is 0 Å². The average Bonchev–Trinajstić information content (AvgIpc) is 3.04. The summed E-state index contributed by atoms with van der Waals surface area (Å²) in [6.45, 7) is 1.57. The van der Waals surface area contributed by atoms with Gasteiger partial charge in [-0.1, -0.05) is 30.3 Å². The second-order valence-corrected chi connectivity index (χ2v) is 7.34. The zero-order valence-electron chi connectivity index (χ0n) is 12.9. The second kappa shape index (κ2) is 6.79. The standard InChI is InChI=1S/C16H15N3O4S/c1-2-24(20,21)11-15-18-16(19-23-15)12-8-9-14(17-10-12)22-13-6-4-3-5-7-13/h3-10H,2,11H2,1H3. The first-order valence-corrected chi connectivity index (χ1v) is 9.10. The summed E-state index contributed by atoms with van der Waals surface area (Å²) in [4.78, 5) is 8.28. The summed E-state index contributed by atoms with van der Waals surface area (Å²) in [7, 11) is -3.21. The van der Waals surface area contributed by atoms with Gasteiger partial charge in [-0.05, 0) is 18.2 Å². The molecule has 0 saturated heterocycles. The summed E-state index contributed by atoms with van der Waals surface area (Å²) in [6.07, 6.45) is 1.54. The zero-order valence-corrected chi connectivity index (χ0v) is 13.7.